The van der Waals surface area contributed by atoms with Crippen LogP contribution >= 0.6 is 23.2 Å². The molecular weight excluding hydrogens is 377 g/mol. The quantitative estimate of drug-likeness (QED) is 0.670. The van der Waals surface area contributed by atoms with E-state index in [1.807, 2.05) is 17.5 Å². The Balaban J connectivity index is 1.72. The summed E-state index contributed by atoms with van der Waals surface area (Å²) in [6.45, 7) is 2.48. The van der Waals surface area contributed by atoms with Crippen molar-refractivity contribution in [2.75, 3.05) is 13.7 Å². The summed E-state index contributed by atoms with van der Waals surface area (Å²) >= 11 is 12.4. The number of amides is 1. The zero-order valence-electron chi connectivity index (χ0n) is 14.1. The smallest absolute Gasteiger partial charge is 0.292 e. The lowest BCUT2D eigenvalue weighted by atomic mass is 10.0. The minimum Gasteiger partial charge on any atom is -0.494 e. The van der Waals surface area contributed by atoms with Crippen LogP contribution in [0.3, 0.4) is 0 Å². The molecule has 4 rings (SSSR count). The van der Waals surface area contributed by atoms with Crippen molar-refractivity contribution >= 4 is 34.8 Å². The largest absolute Gasteiger partial charge is 0.494 e. The number of ether oxygens (including phenoxy) is 1. The van der Waals surface area contributed by atoms with Gasteiger partial charge in [-0.3, -0.25) is 4.79 Å². The summed E-state index contributed by atoms with van der Waals surface area (Å²) in [4.78, 5) is 27.4. The first-order valence-corrected chi connectivity index (χ1v) is 8.78. The number of carbonyl (C=O) groups is 1. The van der Waals surface area contributed by atoms with Gasteiger partial charge in [0.1, 0.15) is 5.02 Å². The topological polar surface area (TPSA) is 72.6 Å². The van der Waals surface area contributed by atoms with Gasteiger partial charge in [-0.25, -0.2) is 15.0 Å². The molecule has 0 N–H and O–H groups in total. The van der Waals surface area contributed by atoms with E-state index in [2.05, 4.69) is 15.0 Å². The fourth-order valence-corrected chi connectivity index (χ4v) is 3.59. The van der Waals surface area contributed by atoms with Crippen LogP contribution in [0.2, 0.25) is 10.0 Å². The normalized spacial score (nSPS) is 16.6. The van der Waals surface area contributed by atoms with Gasteiger partial charge < -0.3 is 14.0 Å². The van der Waals surface area contributed by atoms with Gasteiger partial charge in [0.05, 0.1) is 42.0 Å². The van der Waals surface area contributed by atoms with Gasteiger partial charge in [0.2, 0.25) is 5.82 Å². The van der Waals surface area contributed by atoms with Gasteiger partial charge in [0.25, 0.3) is 5.91 Å². The fraction of sp³-hybridized carbons (Fsp3) is 0.294. The van der Waals surface area contributed by atoms with Crippen molar-refractivity contribution in [2.45, 2.75) is 19.4 Å². The molecule has 1 unspecified atom stereocenters. The molecule has 1 aliphatic heterocycles. The Hall–Kier alpha value is -2.38. The lowest BCUT2D eigenvalue weighted by molar-refractivity contribution is 0.0659. The summed E-state index contributed by atoms with van der Waals surface area (Å²) < 4.78 is 6.93. The first-order chi connectivity index (χ1) is 12.5. The molecule has 3 aromatic heterocycles. The second-order valence-electron chi connectivity index (χ2n) is 5.99. The van der Waals surface area contributed by atoms with Crippen molar-refractivity contribution in [3.05, 3.63) is 51.9 Å². The van der Waals surface area contributed by atoms with Gasteiger partial charge in [0.15, 0.2) is 11.4 Å². The first-order valence-electron chi connectivity index (χ1n) is 8.03. The molecule has 1 amide bonds. The van der Waals surface area contributed by atoms with Gasteiger partial charge in [-0.05, 0) is 13.0 Å². The summed E-state index contributed by atoms with van der Waals surface area (Å²) in [5.41, 5.74) is 2.44. The predicted molar refractivity (Wildman–Crippen MR) is 97.0 cm³/mol. The van der Waals surface area contributed by atoms with Crippen LogP contribution in [0.4, 0.5) is 0 Å². The number of hydrogen-bond acceptors (Lipinski definition) is 5. The van der Waals surface area contributed by atoms with E-state index in [0.717, 1.165) is 11.4 Å². The number of halogens is 2. The van der Waals surface area contributed by atoms with Gasteiger partial charge >= 0.3 is 0 Å². The van der Waals surface area contributed by atoms with Crippen LogP contribution in [0.5, 0.6) is 5.75 Å². The van der Waals surface area contributed by atoms with Gasteiger partial charge in [-0.2, -0.15) is 0 Å². The molecule has 7 nitrogen and oxygen atoms in total. The Labute approximate surface area is 159 Å². The standard InChI is InChI=1S/C17H15Cl2N5O2/c1-9-14-12(22-16-13(19)11(18)3-5-24(14)16)4-6-23(9)17(25)15-20-7-10(26-2)8-21-15/h3,5,7-9H,4,6H2,1-2H3. The monoisotopic (exact) mass is 391 g/mol. The molecule has 1 aliphatic rings. The van der Waals surface area contributed by atoms with E-state index in [1.165, 1.54) is 19.5 Å². The molecule has 4 heterocycles. The van der Waals surface area contributed by atoms with Crippen LogP contribution in [0.15, 0.2) is 24.7 Å². The Morgan fingerprint density at radius 1 is 1.31 bits per heavy atom. The second kappa shape index (κ2) is 6.41. The van der Waals surface area contributed by atoms with Crippen molar-refractivity contribution in [3.8, 4) is 5.75 Å². The van der Waals surface area contributed by atoms with Crippen LogP contribution in [0.1, 0.15) is 35.0 Å². The zero-order valence-corrected chi connectivity index (χ0v) is 15.6. The van der Waals surface area contributed by atoms with Crippen LogP contribution < -0.4 is 4.74 Å². The van der Waals surface area contributed by atoms with Crippen LogP contribution in [-0.4, -0.2) is 43.8 Å². The van der Waals surface area contributed by atoms with Gasteiger partial charge in [-0.15, -0.1) is 0 Å². The molecule has 0 saturated carbocycles. The highest BCUT2D eigenvalue weighted by Gasteiger charge is 2.33. The van der Waals surface area contributed by atoms with E-state index < -0.39 is 0 Å². The third-order valence-corrected chi connectivity index (χ3v) is 5.35. The van der Waals surface area contributed by atoms with Crippen molar-refractivity contribution in [3.63, 3.8) is 0 Å². The van der Waals surface area contributed by atoms with Gasteiger partial charge in [0, 0.05) is 19.2 Å². The lowest BCUT2D eigenvalue weighted by Gasteiger charge is -2.32. The van der Waals surface area contributed by atoms with E-state index in [1.54, 1.807) is 11.0 Å². The van der Waals surface area contributed by atoms with Crippen molar-refractivity contribution < 1.29 is 9.53 Å². The molecule has 0 fully saturated rings. The highest BCUT2D eigenvalue weighted by Crippen LogP contribution is 2.34. The maximum absolute atomic E-state index is 12.9. The summed E-state index contributed by atoms with van der Waals surface area (Å²) in [6, 6.07) is 1.52. The highest BCUT2D eigenvalue weighted by atomic mass is 35.5. The minimum absolute atomic E-state index is 0.135. The maximum atomic E-state index is 12.9. The van der Waals surface area contributed by atoms with Crippen molar-refractivity contribution in [1.29, 1.82) is 0 Å². The molecule has 0 radical (unpaired) electrons. The Morgan fingerprint density at radius 3 is 2.73 bits per heavy atom. The third-order valence-electron chi connectivity index (χ3n) is 4.57. The number of pyridine rings is 1. The number of carbonyl (C=O) groups excluding carboxylic acids is 1. The zero-order chi connectivity index (χ0) is 18.4. The molecule has 0 saturated heterocycles. The average molecular weight is 392 g/mol. The molecule has 3 aromatic rings. The van der Waals surface area contributed by atoms with Crippen LogP contribution in [-0.2, 0) is 6.42 Å². The van der Waals surface area contributed by atoms with Gasteiger partial charge in [-0.1, -0.05) is 23.2 Å². The molecule has 0 aliphatic carbocycles. The number of fused-ring (bicyclic) bond motifs is 3. The molecular formula is C17H15Cl2N5O2. The predicted octanol–water partition coefficient (Wildman–Crippen LogP) is 3.20. The van der Waals surface area contributed by atoms with E-state index >= 15 is 0 Å². The summed E-state index contributed by atoms with van der Waals surface area (Å²) in [5.74, 6) is 0.403. The molecule has 1 atom stereocenters. The Bertz CT molecular complexity index is 1000. The van der Waals surface area contributed by atoms with Crippen molar-refractivity contribution in [1.82, 2.24) is 24.3 Å². The lowest BCUT2D eigenvalue weighted by Crippen LogP contribution is -2.40. The van der Waals surface area contributed by atoms with Crippen LogP contribution in [0, 0.1) is 0 Å². The summed E-state index contributed by atoms with van der Waals surface area (Å²) in [6.07, 6.45) is 5.41. The third kappa shape index (κ3) is 2.59. The molecule has 134 valence electrons. The fourth-order valence-electron chi connectivity index (χ4n) is 3.25. The number of nitrogens with zero attached hydrogens (tertiary/aromatic N) is 5. The minimum atomic E-state index is -0.235. The van der Waals surface area contributed by atoms with Crippen LogP contribution in [0.25, 0.3) is 5.65 Å². The molecule has 0 bridgehead atoms. The van der Waals surface area contributed by atoms with E-state index in [9.17, 15) is 4.79 Å². The summed E-state index contributed by atoms with van der Waals surface area (Å²) in [5, 5.41) is 0.862. The number of methoxy groups -OCH3 is 1. The van der Waals surface area contributed by atoms with E-state index in [4.69, 9.17) is 27.9 Å². The second-order valence-corrected chi connectivity index (χ2v) is 6.77. The number of imidazole rings is 1. The average Bonchev–Trinajstić information content (AvgIpc) is 3.05. The number of aromatic nitrogens is 4. The van der Waals surface area contributed by atoms with E-state index in [-0.39, 0.29) is 17.8 Å². The molecule has 0 aromatic carbocycles. The molecule has 9 heteroatoms. The SMILES string of the molecule is COc1cnc(C(=O)N2CCc3nc4c(Cl)c(Cl)ccn4c3C2C)nc1. The first kappa shape index (κ1) is 17.1. The number of hydrogen-bond donors (Lipinski definition) is 0. The Morgan fingerprint density at radius 2 is 2.04 bits per heavy atom. The van der Waals surface area contributed by atoms with Crippen molar-refractivity contribution in [2.24, 2.45) is 0 Å². The molecule has 26 heavy (non-hydrogen) atoms. The number of rotatable bonds is 2. The van der Waals surface area contributed by atoms with E-state index in [0.29, 0.717) is 34.4 Å². The summed E-state index contributed by atoms with van der Waals surface area (Å²) in [7, 11) is 1.52. The Kier molecular flexibility index (Phi) is 4.20. The molecule has 0 spiro atoms. The highest BCUT2D eigenvalue weighted by molar-refractivity contribution is 6.43. The maximum Gasteiger partial charge on any atom is 0.292 e.